The Morgan fingerprint density at radius 3 is 2.69 bits per heavy atom. The highest BCUT2D eigenvalue weighted by atomic mass is 32.1. The first-order valence-corrected chi connectivity index (χ1v) is 4.59. The molecular formula is C9H5F3N2OS. The summed E-state index contributed by atoms with van der Waals surface area (Å²) < 4.78 is 41.9. The molecule has 0 aliphatic rings. The van der Waals surface area contributed by atoms with Crippen LogP contribution in [0.4, 0.5) is 13.2 Å². The molecule has 2 aromatic heterocycles. The topological polar surface area (TPSA) is 41.8 Å². The smallest absolute Gasteiger partial charge is 0.431 e. The fourth-order valence-electron chi connectivity index (χ4n) is 1.17. The molecule has 0 spiro atoms. The zero-order valence-electron chi connectivity index (χ0n) is 7.71. The van der Waals surface area contributed by atoms with E-state index in [2.05, 4.69) is 17.2 Å². The van der Waals surface area contributed by atoms with Gasteiger partial charge >= 0.3 is 6.18 Å². The van der Waals surface area contributed by atoms with E-state index in [-0.39, 0.29) is 10.5 Å². The van der Waals surface area contributed by atoms with E-state index in [9.17, 15) is 13.2 Å². The maximum Gasteiger partial charge on any atom is 0.431 e. The molecule has 7 heteroatoms. The van der Waals surface area contributed by atoms with Gasteiger partial charge < -0.3 is 9.40 Å². The van der Waals surface area contributed by atoms with Gasteiger partial charge in [-0.3, -0.25) is 0 Å². The number of hydrogen-bond acceptors (Lipinski definition) is 3. The van der Waals surface area contributed by atoms with Crippen LogP contribution in [0.2, 0.25) is 0 Å². The van der Waals surface area contributed by atoms with Crippen LogP contribution >= 0.6 is 12.2 Å². The molecule has 0 bridgehead atoms. The summed E-state index contributed by atoms with van der Waals surface area (Å²) in [6.07, 6.45) is -1.82. The van der Waals surface area contributed by atoms with Crippen molar-refractivity contribution >= 4 is 12.2 Å². The molecule has 0 saturated carbocycles. The van der Waals surface area contributed by atoms with Crippen LogP contribution in [0.3, 0.4) is 0 Å². The van der Waals surface area contributed by atoms with Crippen LogP contribution in [-0.4, -0.2) is 9.97 Å². The molecule has 0 aromatic carbocycles. The lowest BCUT2D eigenvalue weighted by atomic mass is 10.2. The van der Waals surface area contributed by atoms with Crippen LogP contribution in [0.1, 0.15) is 5.69 Å². The van der Waals surface area contributed by atoms with Crippen molar-refractivity contribution in [3.63, 3.8) is 0 Å². The number of aromatic amines is 1. The number of halogens is 3. The standard InChI is InChI=1S/C9H5F3N2OS/c10-9(11,12)7-3-6(13-8(16)14-7)5-1-2-15-4-5/h1-4H,(H,13,14,16). The Balaban J connectivity index is 2.57. The van der Waals surface area contributed by atoms with Gasteiger partial charge in [0, 0.05) is 5.56 Å². The predicted octanol–water partition coefficient (Wildman–Crippen LogP) is 3.42. The first-order valence-electron chi connectivity index (χ1n) is 4.18. The molecule has 3 nitrogen and oxygen atoms in total. The lowest BCUT2D eigenvalue weighted by Gasteiger charge is -2.07. The van der Waals surface area contributed by atoms with E-state index in [4.69, 9.17) is 4.42 Å². The Morgan fingerprint density at radius 1 is 1.38 bits per heavy atom. The van der Waals surface area contributed by atoms with Gasteiger partial charge in [-0.15, -0.1) is 0 Å². The summed E-state index contributed by atoms with van der Waals surface area (Å²) in [4.78, 5) is 5.79. The highest BCUT2D eigenvalue weighted by molar-refractivity contribution is 7.71. The predicted molar refractivity (Wildman–Crippen MR) is 52.1 cm³/mol. The number of nitrogens with zero attached hydrogens (tertiary/aromatic N) is 1. The summed E-state index contributed by atoms with van der Waals surface area (Å²) in [5.41, 5.74) is -0.348. The minimum Gasteiger partial charge on any atom is -0.472 e. The van der Waals surface area contributed by atoms with Crippen molar-refractivity contribution in [1.29, 1.82) is 0 Å². The fraction of sp³-hybridized carbons (Fsp3) is 0.111. The largest absolute Gasteiger partial charge is 0.472 e. The van der Waals surface area contributed by atoms with Crippen molar-refractivity contribution < 1.29 is 17.6 Å². The molecular weight excluding hydrogens is 241 g/mol. The molecule has 84 valence electrons. The third-order valence-corrected chi connectivity index (χ3v) is 2.06. The zero-order chi connectivity index (χ0) is 11.8. The Kier molecular flexibility index (Phi) is 2.55. The molecule has 0 amide bonds. The van der Waals surface area contributed by atoms with Crippen molar-refractivity contribution in [2.45, 2.75) is 6.18 Å². The van der Waals surface area contributed by atoms with Crippen LogP contribution in [0, 0.1) is 4.77 Å². The Labute approximate surface area is 92.9 Å². The van der Waals surface area contributed by atoms with Crippen molar-refractivity contribution in [1.82, 2.24) is 9.97 Å². The third-order valence-electron chi connectivity index (χ3n) is 1.87. The van der Waals surface area contributed by atoms with Crippen LogP contribution < -0.4 is 0 Å². The van der Waals surface area contributed by atoms with Gasteiger partial charge in [-0.1, -0.05) is 0 Å². The average molecular weight is 246 g/mol. The van der Waals surface area contributed by atoms with E-state index in [1.807, 2.05) is 4.98 Å². The lowest BCUT2D eigenvalue weighted by molar-refractivity contribution is -0.141. The number of rotatable bonds is 1. The monoisotopic (exact) mass is 246 g/mol. The summed E-state index contributed by atoms with van der Waals surface area (Å²) in [7, 11) is 0. The summed E-state index contributed by atoms with van der Waals surface area (Å²) in [6, 6.07) is 2.40. The minimum atomic E-state index is -4.48. The van der Waals surface area contributed by atoms with Gasteiger partial charge in [-0.05, 0) is 24.4 Å². The quantitative estimate of drug-likeness (QED) is 0.784. The molecule has 0 saturated heterocycles. The Hall–Kier alpha value is -1.63. The van der Waals surface area contributed by atoms with Gasteiger partial charge in [0.15, 0.2) is 4.77 Å². The van der Waals surface area contributed by atoms with Gasteiger partial charge in [0.1, 0.15) is 5.69 Å². The molecule has 0 aliphatic heterocycles. The molecule has 2 heterocycles. The van der Waals surface area contributed by atoms with Crippen LogP contribution in [0.25, 0.3) is 11.3 Å². The van der Waals surface area contributed by atoms with E-state index in [1.165, 1.54) is 18.6 Å². The summed E-state index contributed by atoms with van der Waals surface area (Å²) >= 11 is 4.63. The van der Waals surface area contributed by atoms with Gasteiger partial charge in [0.2, 0.25) is 0 Å². The summed E-state index contributed by atoms with van der Waals surface area (Å²) in [5.74, 6) is 0. The van der Waals surface area contributed by atoms with Crippen molar-refractivity contribution in [2.24, 2.45) is 0 Å². The number of aromatic nitrogens is 2. The van der Waals surface area contributed by atoms with Crippen LogP contribution in [0.5, 0.6) is 0 Å². The molecule has 0 radical (unpaired) electrons. The van der Waals surface area contributed by atoms with Gasteiger partial charge in [0.25, 0.3) is 0 Å². The van der Waals surface area contributed by atoms with E-state index in [1.54, 1.807) is 0 Å². The van der Waals surface area contributed by atoms with Crippen molar-refractivity contribution in [2.75, 3.05) is 0 Å². The first kappa shape index (κ1) is 10.9. The van der Waals surface area contributed by atoms with Crippen molar-refractivity contribution in [3.05, 3.63) is 35.1 Å². The Morgan fingerprint density at radius 2 is 2.12 bits per heavy atom. The molecule has 0 unspecified atom stereocenters. The maximum absolute atomic E-state index is 12.5. The molecule has 1 N–H and O–H groups in total. The molecule has 0 aliphatic carbocycles. The second-order valence-corrected chi connectivity index (χ2v) is 3.38. The van der Waals surface area contributed by atoms with E-state index in [0.717, 1.165) is 6.07 Å². The van der Waals surface area contributed by atoms with Crippen LogP contribution in [0.15, 0.2) is 29.1 Å². The highest BCUT2D eigenvalue weighted by Crippen LogP contribution is 2.29. The second-order valence-electron chi connectivity index (χ2n) is 2.99. The lowest BCUT2D eigenvalue weighted by Crippen LogP contribution is -2.09. The SMILES string of the molecule is FC(F)(F)c1cc(-c2ccoc2)nc(=S)[nH]1. The fourth-order valence-corrected chi connectivity index (χ4v) is 1.38. The van der Waals surface area contributed by atoms with Gasteiger partial charge in [-0.2, -0.15) is 13.2 Å². The molecule has 2 aromatic rings. The number of nitrogens with one attached hydrogen (secondary N) is 1. The van der Waals surface area contributed by atoms with Crippen LogP contribution in [-0.2, 0) is 6.18 Å². The zero-order valence-corrected chi connectivity index (χ0v) is 8.52. The molecule has 0 atom stereocenters. The van der Waals surface area contributed by atoms with Gasteiger partial charge in [0.05, 0.1) is 18.2 Å². The van der Waals surface area contributed by atoms with Gasteiger partial charge in [-0.25, -0.2) is 4.98 Å². The number of hydrogen-bond donors (Lipinski definition) is 1. The number of furan rings is 1. The average Bonchev–Trinajstić information content (AvgIpc) is 2.68. The Bertz CT molecular complexity index is 545. The molecule has 2 rings (SSSR count). The first-order chi connectivity index (χ1) is 7.47. The number of H-pyrrole nitrogens is 1. The van der Waals surface area contributed by atoms with Crippen molar-refractivity contribution in [3.8, 4) is 11.3 Å². The molecule has 16 heavy (non-hydrogen) atoms. The molecule has 0 fully saturated rings. The van der Waals surface area contributed by atoms with E-state index < -0.39 is 11.9 Å². The second kappa shape index (κ2) is 3.75. The highest BCUT2D eigenvalue weighted by Gasteiger charge is 2.32. The summed E-state index contributed by atoms with van der Waals surface area (Å²) in [6.45, 7) is 0. The summed E-state index contributed by atoms with van der Waals surface area (Å²) in [5, 5.41) is 0. The third kappa shape index (κ3) is 2.13. The number of alkyl halides is 3. The maximum atomic E-state index is 12.5. The van der Waals surface area contributed by atoms with E-state index >= 15 is 0 Å². The van der Waals surface area contributed by atoms with E-state index in [0.29, 0.717) is 5.56 Å². The normalized spacial score (nSPS) is 11.7. The minimum absolute atomic E-state index is 0.129.